The van der Waals surface area contributed by atoms with E-state index in [4.69, 9.17) is 0 Å². The van der Waals surface area contributed by atoms with Gasteiger partial charge in [0.2, 0.25) is 0 Å². The first-order chi connectivity index (χ1) is 9.88. The second-order valence-electron chi connectivity index (χ2n) is 4.18. The van der Waals surface area contributed by atoms with E-state index in [0.717, 1.165) is 17.3 Å². The molecule has 0 unspecified atom stereocenters. The fraction of sp³-hybridized carbons (Fsp3) is 0.154. The van der Waals surface area contributed by atoms with Gasteiger partial charge >= 0.3 is 11.7 Å². The number of thioether (sulfide) groups is 1. The number of carboxylic acid groups (broad SMARTS) is 1. The Morgan fingerprint density at radius 3 is 2.86 bits per heavy atom. The summed E-state index contributed by atoms with van der Waals surface area (Å²) < 4.78 is 13.6. The lowest BCUT2D eigenvalue weighted by molar-refractivity contribution is 0.0690. The Morgan fingerprint density at radius 1 is 1.52 bits per heavy atom. The predicted octanol–water partition coefficient (Wildman–Crippen LogP) is 2.97. The summed E-state index contributed by atoms with van der Waals surface area (Å²) in [5.74, 6) is -1.17. The summed E-state index contributed by atoms with van der Waals surface area (Å²) in [6, 6.07) is 4.23. The predicted molar refractivity (Wildman–Crippen MR) is 80.2 cm³/mol. The number of hydrogen-bond donors (Lipinski definition) is 2. The Bertz CT molecular complexity index is 764. The lowest BCUT2D eigenvalue weighted by atomic mass is 10.2. The molecule has 1 heterocycles. The molecule has 0 spiro atoms. The van der Waals surface area contributed by atoms with Crippen molar-refractivity contribution in [2.45, 2.75) is 17.7 Å². The molecule has 2 aromatic rings. The van der Waals surface area contributed by atoms with E-state index >= 15 is 0 Å². The minimum Gasteiger partial charge on any atom is -0.478 e. The van der Waals surface area contributed by atoms with Crippen LogP contribution in [0.15, 0.2) is 32.5 Å². The van der Waals surface area contributed by atoms with E-state index < -0.39 is 11.7 Å². The van der Waals surface area contributed by atoms with Gasteiger partial charge in [-0.05, 0) is 24.6 Å². The third-order valence-corrected chi connectivity index (χ3v) is 4.44. The van der Waals surface area contributed by atoms with Crippen LogP contribution >= 0.6 is 27.7 Å². The summed E-state index contributed by atoms with van der Waals surface area (Å²) in [4.78, 5) is 28.7. The number of nitrogens with one attached hydrogen (secondary N) is 1. The molecule has 0 saturated carbocycles. The highest BCUT2D eigenvalue weighted by atomic mass is 79.9. The number of carbonyl (C=O) groups is 1. The Labute approximate surface area is 131 Å². The van der Waals surface area contributed by atoms with Crippen molar-refractivity contribution in [3.8, 4) is 0 Å². The molecule has 110 valence electrons. The van der Waals surface area contributed by atoms with Gasteiger partial charge in [-0.2, -0.15) is 4.98 Å². The molecule has 0 bridgehead atoms. The Hall–Kier alpha value is -1.67. The SMILES string of the molecule is Cc1[nH]c(=O)nc(SCc2ccc(F)cc2Br)c1C(=O)O. The molecule has 2 rings (SSSR count). The number of rotatable bonds is 4. The van der Waals surface area contributed by atoms with E-state index in [1.807, 2.05) is 0 Å². The number of benzene rings is 1. The summed E-state index contributed by atoms with van der Waals surface area (Å²) >= 11 is 4.35. The molecule has 0 radical (unpaired) electrons. The van der Waals surface area contributed by atoms with Gasteiger partial charge in [-0.1, -0.05) is 22.0 Å². The number of hydrogen-bond acceptors (Lipinski definition) is 4. The number of H-pyrrole nitrogens is 1. The number of carboxylic acids is 1. The molecule has 2 N–H and O–H groups in total. The van der Waals surface area contributed by atoms with E-state index in [1.54, 1.807) is 6.07 Å². The second-order valence-corrected chi connectivity index (χ2v) is 6.00. The quantitative estimate of drug-likeness (QED) is 0.636. The molecular weight excluding hydrogens is 363 g/mol. The van der Waals surface area contributed by atoms with Crippen molar-refractivity contribution in [2.24, 2.45) is 0 Å². The molecular formula is C13H10BrFN2O3S. The molecule has 0 fully saturated rings. The smallest absolute Gasteiger partial charge is 0.346 e. The van der Waals surface area contributed by atoms with Crippen molar-refractivity contribution in [1.82, 2.24) is 9.97 Å². The van der Waals surface area contributed by atoms with Crippen molar-refractivity contribution in [3.05, 3.63) is 55.8 Å². The summed E-state index contributed by atoms with van der Waals surface area (Å²) in [6.07, 6.45) is 0. The first kappa shape index (κ1) is 15.7. The largest absolute Gasteiger partial charge is 0.478 e. The zero-order valence-corrected chi connectivity index (χ0v) is 13.2. The average Bonchev–Trinajstić information content (AvgIpc) is 2.36. The monoisotopic (exact) mass is 372 g/mol. The maximum atomic E-state index is 13.0. The lowest BCUT2D eigenvalue weighted by Crippen LogP contribution is -2.18. The van der Waals surface area contributed by atoms with Crippen LogP contribution in [0.2, 0.25) is 0 Å². The van der Waals surface area contributed by atoms with Crippen LogP contribution in [-0.4, -0.2) is 21.0 Å². The molecule has 21 heavy (non-hydrogen) atoms. The van der Waals surface area contributed by atoms with Crippen LogP contribution in [0.25, 0.3) is 0 Å². The van der Waals surface area contributed by atoms with Gasteiger partial charge in [-0.3, -0.25) is 0 Å². The molecule has 1 aromatic carbocycles. The second kappa shape index (κ2) is 6.40. The Morgan fingerprint density at radius 2 is 2.24 bits per heavy atom. The molecule has 5 nitrogen and oxygen atoms in total. The van der Waals surface area contributed by atoms with Crippen molar-refractivity contribution < 1.29 is 14.3 Å². The molecule has 1 aromatic heterocycles. The van der Waals surface area contributed by atoms with Gasteiger partial charge in [0.15, 0.2) is 0 Å². The Balaban J connectivity index is 2.31. The number of nitrogens with zero attached hydrogens (tertiary/aromatic N) is 1. The first-order valence-electron chi connectivity index (χ1n) is 5.79. The fourth-order valence-electron chi connectivity index (χ4n) is 1.70. The Kier molecular flexibility index (Phi) is 4.79. The molecule has 0 saturated heterocycles. The van der Waals surface area contributed by atoms with Crippen LogP contribution in [0.3, 0.4) is 0 Å². The van der Waals surface area contributed by atoms with E-state index in [1.165, 1.54) is 19.1 Å². The van der Waals surface area contributed by atoms with Gasteiger partial charge < -0.3 is 10.1 Å². The van der Waals surface area contributed by atoms with Gasteiger partial charge in [-0.25, -0.2) is 14.0 Å². The van der Waals surface area contributed by atoms with Crippen molar-refractivity contribution in [3.63, 3.8) is 0 Å². The molecule has 0 atom stereocenters. The van der Waals surface area contributed by atoms with Crippen LogP contribution in [0, 0.1) is 12.7 Å². The number of aromatic carboxylic acids is 1. The average molecular weight is 373 g/mol. The zero-order chi connectivity index (χ0) is 15.6. The van der Waals surface area contributed by atoms with Gasteiger partial charge in [0, 0.05) is 15.9 Å². The number of aromatic amines is 1. The van der Waals surface area contributed by atoms with E-state index in [-0.39, 0.29) is 22.1 Å². The van der Waals surface area contributed by atoms with Crippen LogP contribution in [-0.2, 0) is 5.75 Å². The topological polar surface area (TPSA) is 83.0 Å². The lowest BCUT2D eigenvalue weighted by Gasteiger charge is -2.08. The van der Waals surface area contributed by atoms with E-state index in [9.17, 15) is 19.1 Å². The van der Waals surface area contributed by atoms with E-state index in [2.05, 4.69) is 25.9 Å². The van der Waals surface area contributed by atoms with Crippen molar-refractivity contribution >= 4 is 33.7 Å². The minimum absolute atomic E-state index is 0.0298. The molecule has 0 aliphatic carbocycles. The van der Waals surface area contributed by atoms with Crippen molar-refractivity contribution in [2.75, 3.05) is 0 Å². The summed E-state index contributed by atoms with van der Waals surface area (Å²) in [5, 5.41) is 9.33. The van der Waals surface area contributed by atoms with Crippen LogP contribution in [0.4, 0.5) is 4.39 Å². The minimum atomic E-state index is -1.16. The molecule has 0 aliphatic heterocycles. The third-order valence-electron chi connectivity index (χ3n) is 2.68. The van der Waals surface area contributed by atoms with Crippen LogP contribution in [0.1, 0.15) is 21.6 Å². The van der Waals surface area contributed by atoms with Crippen LogP contribution in [0.5, 0.6) is 0 Å². The zero-order valence-electron chi connectivity index (χ0n) is 10.8. The maximum absolute atomic E-state index is 13.0. The number of halogens is 2. The van der Waals surface area contributed by atoms with Gasteiger partial charge in [0.05, 0.1) is 0 Å². The van der Waals surface area contributed by atoms with Gasteiger partial charge in [0.1, 0.15) is 16.4 Å². The number of aromatic nitrogens is 2. The van der Waals surface area contributed by atoms with Gasteiger partial charge in [-0.15, -0.1) is 11.8 Å². The highest BCUT2D eigenvalue weighted by Crippen LogP contribution is 2.28. The summed E-state index contributed by atoms with van der Waals surface area (Å²) in [7, 11) is 0. The standard InChI is InChI=1S/C13H10BrFN2O3S/c1-6-10(12(18)19)11(17-13(20)16-6)21-5-7-2-3-8(15)4-9(7)14/h2-4H,5H2,1H3,(H,18,19)(H,16,17,20). The molecule has 0 aliphatic rings. The van der Waals surface area contributed by atoms with Gasteiger partial charge in [0.25, 0.3) is 0 Å². The normalized spacial score (nSPS) is 10.6. The van der Waals surface area contributed by atoms with Crippen LogP contribution < -0.4 is 5.69 Å². The first-order valence-corrected chi connectivity index (χ1v) is 7.57. The highest BCUT2D eigenvalue weighted by Gasteiger charge is 2.17. The van der Waals surface area contributed by atoms with E-state index in [0.29, 0.717) is 10.2 Å². The fourth-order valence-corrected chi connectivity index (χ4v) is 3.45. The number of aryl methyl sites for hydroxylation is 1. The third kappa shape index (κ3) is 3.70. The highest BCUT2D eigenvalue weighted by molar-refractivity contribution is 9.10. The maximum Gasteiger partial charge on any atom is 0.346 e. The summed E-state index contributed by atoms with van der Waals surface area (Å²) in [5.41, 5.74) is 0.400. The summed E-state index contributed by atoms with van der Waals surface area (Å²) in [6.45, 7) is 1.50. The van der Waals surface area contributed by atoms with Crippen molar-refractivity contribution in [1.29, 1.82) is 0 Å². The molecule has 8 heteroatoms. The molecule has 0 amide bonds.